The molecule has 0 N–H and O–H groups in total. The topological polar surface area (TPSA) is 30.2 Å². The van der Waals surface area contributed by atoms with Gasteiger partial charge < -0.3 is 4.42 Å². The smallest absolute Gasteiger partial charge is 0.372 e. The lowest BCUT2D eigenvalue weighted by atomic mass is 10.1. The molecule has 0 atom stereocenters. The van der Waals surface area contributed by atoms with E-state index in [-0.39, 0.29) is 16.5 Å². The van der Waals surface area contributed by atoms with Gasteiger partial charge in [-0.25, -0.2) is 9.18 Å². The second-order valence-corrected chi connectivity index (χ2v) is 2.94. The average molecular weight is 196 g/mol. The highest BCUT2D eigenvalue weighted by Crippen LogP contribution is 2.21. The molecule has 0 saturated heterocycles. The summed E-state index contributed by atoms with van der Waals surface area (Å²) in [7, 11) is 0. The van der Waals surface area contributed by atoms with Crippen molar-refractivity contribution in [1.82, 2.24) is 0 Å². The summed E-state index contributed by atoms with van der Waals surface area (Å²) in [4.78, 5) is 10.9. The Morgan fingerprint density at radius 3 is 2.71 bits per heavy atom. The fraction of sp³-hybridized carbons (Fsp3) is 0.100. The lowest BCUT2D eigenvalue weighted by Gasteiger charge is -2.01. The minimum Gasteiger partial charge on any atom is -0.420 e. The van der Waals surface area contributed by atoms with E-state index >= 15 is 0 Å². The zero-order valence-electron chi connectivity index (χ0n) is 7.30. The first-order chi connectivity index (χ1) is 6.61. The van der Waals surface area contributed by atoms with Gasteiger partial charge in [-0.3, -0.25) is 0 Å². The maximum absolute atomic E-state index is 13.2. The van der Waals surface area contributed by atoms with E-state index < -0.39 is 17.3 Å². The molecule has 0 unspecified atom stereocenters. The van der Waals surface area contributed by atoms with Crippen LogP contribution in [0.2, 0.25) is 0 Å². The van der Waals surface area contributed by atoms with Gasteiger partial charge in [0.05, 0.1) is 5.39 Å². The molecule has 0 saturated carbocycles. The van der Waals surface area contributed by atoms with Gasteiger partial charge in [0.15, 0.2) is 0 Å². The Hall–Kier alpha value is -1.71. The van der Waals surface area contributed by atoms with Crippen LogP contribution in [0.15, 0.2) is 27.4 Å². The van der Waals surface area contributed by atoms with Crippen molar-refractivity contribution in [3.05, 3.63) is 45.8 Å². The number of benzene rings is 1. The van der Waals surface area contributed by atoms with Crippen LogP contribution in [0, 0.1) is 18.6 Å². The van der Waals surface area contributed by atoms with E-state index in [0.29, 0.717) is 0 Å². The molecular weight excluding hydrogens is 190 g/mol. The predicted molar refractivity (Wildman–Crippen MR) is 47.1 cm³/mol. The SMILES string of the molecule is Cc1c(F)c(=O)oc2cccc(F)c12. The largest absolute Gasteiger partial charge is 0.420 e. The number of halogens is 2. The Kier molecular flexibility index (Phi) is 1.84. The molecule has 0 fully saturated rings. The molecule has 0 amide bonds. The van der Waals surface area contributed by atoms with E-state index in [9.17, 15) is 13.6 Å². The van der Waals surface area contributed by atoms with Crippen LogP contribution < -0.4 is 5.63 Å². The zero-order chi connectivity index (χ0) is 10.3. The van der Waals surface area contributed by atoms with Crippen molar-refractivity contribution in [3.63, 3.8) is 0 Å². The van der Waals surface area contributed by atoms with Gasteiger partial charge >= 0.3 is 5.63 Å². The summed E-state index contributed by atoms with van der Waals surface area (Å²) in [5.74, 6) is -1.63. The van der Waals surface area contributed by atoms with E-state index in [1.54, 1.807) is 0 Å². The van der Waals surface area contributed by atoms with Crippen molar-refractivity contribution >= 4 is 11.0 Å². The van der Waals surface area contributed by atoms with Crippen LogP contribution in [0.4, 0.5) is 8.78 Å². The Morgan fingerprint density at radius 2 is 2.00 bits per heavy atom. The minimum atomic E-state index is -1.07. The number of hydrogen-bond acceptors (Lipinski definition) is 2. The van der Waals surface area contributed by atoms with Crippen LogP contribution in [0.5, 0.6) is 0 Å². The Balaban J connectivity index is 3.07. The van der Waals surface area contributed by atoms with Crippen LogP contribution in [0.3, 0.4) is 0 Å². The van der Waals surface area contributed by atoms with Crippen molar-refractivity contribution < 1.29 is 13.2 Å². The molecule has 1 aromatic heterocycles. The Morgan fingerprint density at radius 1 is 1.29 bits per heavy atom. The van der Waals surface area contributed by atoms with Gasteiger partial charge in [-0.2, -0.15) is 4.39 Å². The number of rotatable bonds is 0. The quantitative estimate of drug-likeness (QED) is 0.605. The van der Waals surface area contributed by atoms with Crippen LogP contribution in [0.1, 0.15) is 5.56 Å². The third-order valence-electron chi connectivity index (χ3n) is 2.06. The van der Waals surface area contributed by atoms with Gasteiger partial charge in [-0.1, -0.05) is 6.07 Å². The summed E-state index contributed by atoms with van der Waals surface area (Å²) < 4.78 is 30.9. The maximum atomic E-state index is 13.2. The molecule has 0 aliphatic carbocycles. The van der Waals surface area contributed by atoms with E-state index in [1.165, 1.54) is 25.1 Å². The molecule has 0 aliphatic rings. The standard InChI is InChI=1S/C10H6F2O2/c1-5-8-6(11)3-2-4-7(8)14-10(13)9(5)12/h2-4H,1H3. The molecule has 0 spiro atoms. The highest BCUT2D eigenvalue weighted by Gasteiger charge is 2.13. The Labute approximate surface area is 77.8 Å². The van der Waals surface area contributed by atoms with Gasteiger partial charge in [-0.15, -0.1) is 0 Å². The lowest BCUT2D eigenvalue weighted by Crippen LogP contribution is -2.07. The molecule has 1 aromatic carbocycles. The van der Waals surface area contributed by atoms with Gasteiger partial charge in [-0.05, 0) is 19.1 Å². The van der Waals surface area contributed by atoms with Crippen LogP contribution in [-0.2, 0) is 0 Å². The first-order valence-electron chi connectivity index (χ1n) is 3.98. The summed E-state index contributed by atoms with van der Waals surface area (Å²) in [5.41, 5.74) is -1.02. The van der Waals surface area contributed by atoms with Crippen molar-refractivity contribution in [2.45, 2.75) is 6.92 Å². The third-order valence-corrected chi connectivity index (χ3v) is 2.06. The molecular formula is C10H6F2O2. The van der Waals surface area contributed by atoms with Gasteiger partial charge in [0.2, 0.25) is 5.82 Å². The van der Waals surface area contributed by atoms with Gasteiger partial charge in [0.25, 0.3) is 0 Å². The van der Waals surface area contributed by atoms with Crippen LogP contribution >= 0.6 is 0 Å². The fourth-order valence-corrected chi connectivity index (χ4v) is 1.36. The average Bonchev–Trinajstić information content (AvgIpc) is 2.14. The minimum absolute atomic E-state index is 0.0181. The summed E-state index contributed by atoms with van der Waals surface area (Å²) in [5, 5.41) is 0.0181. The first kappa shape index (κ1) is 8.87. The summed E-state index contributed by atoms with van der Waals surface area (Å²) >= 11 is 0. The van der Waals surface area contributed by atoms with E-state index in [4.69, 9.17) is 0 Å². The second kappa shape index (κ2) is 2.90. The van der Waals surface area contributed by atoms with Gasteiger partial charge in [0.1, 0.15) is 11.4 Å². The highest BCUT2D eigenvalue weighted by molar-refractivity contribution is 5.80. The molecule has 2 rings (SSSR count). The molecule has 0 aliphatic heterocycles. The normalized spacial score (nSPS) is 10.8. The lowest BCUT2D eigenvalue weighted by molar-refractivity contribution is 0.480. The molecule has 0 bridgehead atoms. The monoisotopic (exact) mass is 196 g/mol. The van der Waals surface area contributed by atoms with Crippen LogP contribution in [-0.4, -0.2) is 0 Å². The third kappa shape index (κ3) is 1.11. The summed E-state index contributed by atoms with van der Waals surface area (Å²) in [6.07, 6.45) is 0. The molecule has 4 heteroatoms. The van der Waals surface area contributed by atoms with Crippen molar-refractivity contribution in [1.29, 1.82) is 0 Å². The maximum Gasteiger partial charge on any atom is 0.372 e. The number of hydrogen-bond donors (Lipinski definition) is 0. The number of fused-ring (bicyclic) bond motifs is 1. The van der Waals surface area contributed by atoms with E-state index in [1.807, 2.05) is 0 Å². The molecule has 1 heterocycles. The summed E-state index contributed by atoms with van der Waals surface area (Å²) in [6, 6.07) is 4.01. The van der Waals surface area contributed by atoms with E-state index in [0.717, 1.165) is 0 Å². The second-order valence-electron chi connectivity index (χ2n) is 2.94. The summed E-state index contributed by atoms with van der Waals surface area (Å²) in [6.45, 7) is 1.34. The van der Waals surface area contributed by atoms with Crippen LogP contribution in [0.25, 0.3) is 11.0 Å². The predicted octanol–water partition coefficient (Wildman–Crippen LogP) is 2.38. The first-order valence-corrected chi connectivity index (χ1v) is 3.98. The van der Waals surface area contributed by atoms with Crippen molar-refractivity contribution in [2.75, 3.05) is 0 Å². The van der Waals surface area contributed by atoms with Crippen molar-refractivity contribution in [2.24, 2.45) is 0 Å². The van der Waals surface area contributed by atoms with Gasteiger partial charge in [0, 0.05) is 5.56 Å². The molecule has 0 radical (unpaired) electrons. The molecule has 2 aromatic rings. The Bertz CT molecular complexity index is 558. The molecule has 72 valence electrons. The zero-order valence-corrected chi connectivity index (χ0v) is 7.30. The van der Waals surface area contributed by atoms with E-state index in [2.05, 4.69) is 4.42 Å². The molecule has 14 heavy (non-hydrogen) atoms. The molecule has 2 nitrogen and oxygen atoms in total. The van der Waals surface area contributed by atoms with Crippen molar-refractivity contribution in [3.8, 4) is 0 Å². The fourth-order valence-electron chi connectivity index (χ4n) is 1.36. The highest BCUT2D eigenvalue weighted by atomic mass is 19.1. The number of aryl methyl sites for hydroxylation is 1.